The van der Waals surface area contributed by atoms with E-state index < -0.39 is 0 Å². The van der Waals surface area contributed by atoms with Crippen LogP contribution in [0, 0.1) is 11.8 Å². The number of aromatic nitrogens is 1. The smallest absolute Gasteiger partial charge is 0.104 e. The van der Waals surface area contributed by atoms with Gasteiger partial charge in [0.2, 0.25) is 0 Å². The van der Waals surface area contributed by atoms with Crippen LogP contribution in [0.5, 0.6) is 0 Å². The Morgan fingerprint density at radius 1 is 0.947 bits per heavy atom. The van der Waals surface area contributed by atoms with Crippen LogP contribution in [0.4, 0.5) is 0 Å². The van der Waals surface area contributed by atoms with Crippen LogP contribution >= 0.6 is 0 Å². The molecule has 0 amide bonds. The summed E-state index contributed by atoms with van der Waals surface area (Å²) in [7, 11) is 0. The van der Waals surface area contributed by atoms with Gasteiger partial charge in [0.1, 0.15) is 5.76 Å². The van der Waals surface area contributed by atoms with Crippen LogP contribution in [0.25, 0.3) is 0 Å². The van der Waals surface area contributed by atoms with Crippen LogP contribution in [0.3, 0.4) is 0 Å². The second-order valence-corrected chi connectivity index (χ2v) is 5.60. The highest BCUT2D eigenvalue weighted by Gasteiger charge is 1.97. The standard InChI is InChI=1S/C9H13N.C8H12O/c1-8(2)7-9-5-3-4-6-10-9;1-7(2)6-8-4-3-5-9-8/h3-6,8H,7H2,1-2H3;3-5,7H,6H2,1-2H3. The van der Waals surface area contributed by atoms with Crippen molar-refractivity contribution in [1.29, 1.82) is 0 Å². The Morgan fingerprint density at radius 3 is 2.16 bits per heavy atom. The van der Waals surface area contributed by atoms with Gasteiger partial charge in [-0.2, -0.15) is 0 Å². The number of rotatable bonds is 4. The van der Waals surface area contributed by atoms with Crippen LogP contribution in [-0.4, -0.2) is 4.98 Å². The summed E-state index contributed by atoms with van der Waals surface area (Å²) < 4.78 is 5.14. The highest BCUT2D eigenvalue weighted by atomic mass is 16.3. The minimum Gasteiger partial charge on any atom is -0.469 e. The molecule has 0 unspecified atom stereocenters. The SMILES string of the molecule is CC(C)Cc1ccccn1.CC(C)Cc1ccco1. The molecule has 0 aliphatic carbocycles. The first-order chi connectivity index (χ1) is 9.08. The Hall–Kier alpha value is -1.57. The molecule has 2 rings (SSSR count). The number of pyridine rings is 1. The van der Waals surface area contributed by atoms with Crippen LogP contribution in [0.2, 0.25) is 0 Å². The summed E-state index contributed by atoms with van der Waals surface area (Å²) in [5.41, 5.74) is 1.19. The zero-order valence-corrected chi connectivity index (χ0v) is 12.5. The highest BCUT2D eigenvalue weighted by molar-refractivity contribution is 5.03. The van der Waals surface area contributed by atoms with Crippen molar-refractivity contribution in [3.63, 3.8) is 0 Å². The second kappa shape index (κ2) is 8.52. The fourth-order valence-corrected chi connectivity index (χ4v) is 1.77. The zero-order valence-electron chi connectivity index (χ0n) is 12.5. The lowest BCUT2D eigenvalue weighted by molar-refractivity contribution is 0.472. The molecule has 2 heterocycles. The van der Waals surface area contributed by atoms with E-state index >= 15 is 0 Å². The van der Waals surface area contributed by atoms with E-state index in [1.165, 1.54) is 5.69 Å². The normalized spacial score (nSPS) is 10.4. The van der Waals surface area contributed by atoms with Gasteiger partial charge < -0.3 is 4.42 Å². The first-order valence-corrected chi connectivity index (χ1v) is 7.00. The molecule has 0 aliphatic rings. The first-order valence-electron chi connectivity index (χ1n) is 7.00. The molecule has 0 saturated heterocycles. The molecule has 104 valence electrons. The summed E-state index contributed by atoms with van der Waals surface area (Å²) in [6.45, 7) is 8.77. The van der Waals surface area contributed by atoms with Gasteiger partial charge in [0, 0.05) is 18.3 Å². The van der Waals surface area contributed by atoms with Crippen LogP contribution in [0.1, 0.15) is 39.1 Å². The molecule has 0 bridgehead atoms. The van der Waals surface area contributed by atoms with Crippen molar-refractivity contribution in [2.45, 2.75) is 40.5 Å². The fraction of sp³-hybridized carbons (Fsp3) is 0.471. The molecule has 0 radical (unpaired) electrons. The van der Waals surface area contributed by atoms with Gasteiger partial charge in [0.05, 0.1) is 6.26 Å². The lowest BCUT2D eigenvalue weighted by Gasteiger charge is -2.01. The van der Waals surface area contributed by atoms with E-state index in [0.29, 0.717) is 11.8 Å². The maximum Gasteiger partial charge on any atom is 0.104 e. The Balaban J connectivity index is 0.000000191. The molecule has 2 aromatic heterocycles. The van der Waals surface area contributed by atoms with Crippen LogP contribution in [-0.2, 0) is 12.8 Å². The predicted molar refractivity (Wildman–Crippen MR) is 80.0 cm³/mol. The summed E-state index contributed by atoms with van der Waals surface area (Å²) in [6.07, 6.45) is 5.70. The predicted octanol–water partition coefficient (Wildman–Crippen LogP) is 4.76. The average Bonchev–Trinajstić information content (AvgIpc) is 2.82. The van der Waals surface area contributed by atoms with Crippen molar-refractivity contribution in [3.05, 3.63) is 54.2 Å². The van der Waals surface area contributed by atoms with Gasteiger partial charge in [-0.3, -0.25) is 4.98 Å². The van der Waals surface area contributed by atoms with Gasteiger partial charge in [-0.05, 0) is 42.5 Å². The maximum absolute atomic E-state index is 5.14. The fourth-order valence-electron chi connectivity index (χ4n) is 1.77. The van der Waals surface area contributed by atoms with E-state index in [2.05, 4.69) is 38.7 Å². The van der Waals surface area contributed by atoms with E-state index in [0.717, 1.165) is 18.6 Å². The molecular formula is C17H25NO. The van der Waals surface area contributed by atoms with Gasteiger partial charge in [-0.1, -0.05) is 33.8 Å². The van der Waals surface area contributed by atoms with Crippen LogP contribution in [0.15, 0.2) is 47.2 Å². The van der Waals surface area contributed by atoms with Gasteiger partial charge in [0.15, 0.2) is 0 Å². The lowest BCUT2D eigenvalue weighted by Crippen LogP contribution is -1.95. The molecule has 19 heavy (non-hydrogen) atoms. The van der Waals surface area contributed by atoms with E-state index in [-0.39, 0.29) is 0 Å². The van der Waals surface area contributed by atoms with Gasteiger partial charge in [-0.15, -0.1) is 0 Å². The second-order valence-electron chi connectivity index (χ2n) is 5.60. The van der Waals surface area contributed by atoms with E-state index in [9.17, 15) is 0 Å². The molecule has 0 aliphatic heterocycles. The van der Waals surface area contributed by atoms with Gasteiger partial charge in [0.25, 0.3) is 0 Å². The third kappa shape index (κ3) is 7.45. The number of nitrogens with zero attached hydrogens (tertiary/aromatic N) is 1. The Bertz CT molecular complexity index is 418. The number of hydrogen-bond donors (Lipinski definition) is 0. The zero-order chi connectivity index (χ0) is 14.1. The van der Waals surface area contributed by atoms with Crippen LogP contribution < -0.4 is 0 Å². The molecule has 0 spiro atoms. The first kappa shape index (κ1) is 15.5. The van der Waals surface area contributed by atoms with E-state index in [1.807, 2.05) is 30.5 Å². The quantitative estimate of drug-likeness (QED) is 0.791. The minimum absolute atomic E-state index is 0.691. The van der Waals surface area contributed by atoms with Crippen molar-refractivity contribution >= 4 is 0 Å². The van der Waals surface area contributed by atoms with E-state index in [1.54, 1.807) is 6.26 Å². The number of hydrogen-bond acceptors (Lipinski definition) is 2. The summed E-state index contributed by atoms with van der Waals surface area (Å²) in [6, 6.07) is 9.99. The monoisotopic (exact) mass is 259 g/mol. The third-order valence-corrected chi connectivity index (χ3v) is 2.53. The highest BCUT2D eigenvalue weighted by Crippen LogP contribution is 2.07. The van der Waals surface area contributed by atoms with Crippen molar-refractivity contribution in [2.75, 3.05) is 0 Å². The van der Waals surface area contributed by atoms with E-state index in [4.69, 9.17) is 4.42 Å². The van der Waals surface area contributed by atoms with Crippen molar-refractivity contribution in [3.8, 4) is 0 Å². The van der Waals surface area contributed by atoms with Crippen molar-refractivity contribution < 1.29 is 4.42 Å². The summed E-state index contributed by atoms with van der Waals surface area (Å²) in [4.78, 5) is 4.22. The molecule has 2 heteroatoms. The third-order valence-electron chi connectivity index (χ3n) is 2.53. The Morgan fingerprint density at radius 2 is 1.68 bits per heavy atom. The molecule has 0 fully saturated rings. The molecule has 2 nitrogen and oxygen atoms in total. The molecule has 0 atom stereocenters. The summed E-state index contributed by atoms with van der Waals surface area (Å²) >= 11 is 0. The Labute approximate surface area is 116 Å². The number of furan rings is 1. The molecule has 0 saturated carbocycles. The van der Waals surface area contributed by atoms with Crippen molar-refractivity contribution in [1.82, 2.24) is 4.98 Å². The maximum atomic E-state index is 5.14. The minimum atomic E-state index is 0.691. The molecular weight excluding hydrogens is 234 g/mol. The largest absolute Gasteiger partial charge is 0.469 e. The molecule has 0 aromatic carbocycles. The molecule has 0 N–H and O–H groups in total. The van der Waals surface area contributed by atoms with Gasteiger partial charge in [-0.25, -0.2) is 0 Å². The van der Waals surface area contributed by atoms with Crippen molar-refractivity contribution in [2.24, 2.45) is 11.8 Å². The molecule has 2 aromatic rings. The summed E-state index contributed by atoms with van der Waals surface area (Å²) in [5.74, 6) is 2.48. The topological polar surface area (TPSA) is 26.0 Å². The Kier molecular flexibility index (Phi) is 6.94. The lowest BCUT2D eigenvalue weighted by atomic mass is 10.1. The summed E-state index contributed by atoms with van der Waals surface area (Å²) in [5, 5.41) is 0. The average molecular weight is 259 g/mol. The van der Waals surface area contributed by atoms with Gasteiger partial charge >= 0.3 is 0 Å².